The molecule has 2 rings (SSSR count). The third-order valence-corrected chi connectivity index (χ3v) is 3.94. The standard InChI is InChI=1S/C17H26O3/c1-11-5-6-12(2)16(7-11)17(18)10-19-15-8-13(3)20-14(4)9-15/h5-7,13-15,17-18H,8-10H2,1-4H3. The first kappa shape index (κ1) is 15.5. The average Bonchev–Trinajstić information content (AvgIpc) is 2.38. The average molecular weight is 278 g/mol. The largest absolute Gasteiger partial charge is 0.386 e. The lowest BCUT2D eigenvalue weighted by atomic mass is 10.0. The Kier molecular flexibility index (Phi) is 5.19. The Labute approximate surface area is 121 Å². The predicted octanol–water partition coefficient (Wildman–Crippen LogP) is 3.31. The van der Waals surface area contributed by atoms with Crippen LogP contribution in [0.25, 0.3) is 0 Å². The number of aryl methyl sites for hydroxylation is 2. The van der Waals surface area contributed by atoms with Gasteiger partial charge in [-0.15, -0.1) is 0 Å². The van der Waals surface area contributed by atoms with Gasteiger partial charge in [-0.2, -0.15) is 0 Å². The molecule has 0 amide bonds. The fourth-order valence-corrected chi connectivity index (χ4v) is 2.92. The molecule has 20 heavy (non-hydrogen) atoms. The summed E-state index contributed by atoms with van der Waals surface area (Å²) in [5.41, 5.74) is 3.25. The molecule has 0 radical (unpaired) electrons. The number of hydrogen-bond acceptors (Lipinski definition) is 3. The van der Waals surface area contributed by atoms with Gasteiger partial charge in [0.25, 0.3) is 0 Å². The Hall–Kier alpha value is -0.900. The SMILES string of the molecule is Cc1ccc(C)c(C(O)COC2CC(C)OC(C)C2)c1. The van der Waals surface area contributed by atoms with E-state index in [0.29, 0.717) is 6.61 Å². The third-order valence-electron chi connectivity index (χ3n) is 3.94. The zero-order valence-corrected chi connectivity index (χ0v) is 12.9. The fourth-order valence-electron chi connectivity index (χ4n) is 2.92. The Morgan fingerprint density at radius 2 is 1.90 bits per heavy atom. The molecule has 3 heteroatoms. The molecule has 0 saturated carbocycles. The van der Waals surface area contributed by atoms with Crippen molar-refractivity contribution in [2.45, 2.75) is 65.0 Å². The van der Waals surface area contributed by atoms with Crippen LogP contribution in [0, 0.1) is 13.8 Å². The monoisotopic (exact) mass is 278 g/mol. The molecule has 112 valence electrons. The summed E-state index contributed by atoms with van der Waals surface area (Å²) in [4.78, 5) is 0. The highest BCUT2D eigenvalue weighted by atomic mass is 16.5. The van der Waals surface area contributed by atoms with Gasteiger partial charge in [-0.05, 0) is 51.7 Å². The minimum absolute atomic E-state index is 0.188. The molecule has 1 aromatic rings. The first-order valence-corrected chi connectivity index (χ1v) is 7.48. The first-order chi connectivity index (χ1) is 9.45. The number of benzene rings is 1. The molecule has 1 aliphatic heterocycles. The number of ether oxygens (including phenoxy) is 2. The van der Waals surface area contributed by atoms with E-state index in [-0.39, 0.29) is 18.3 Å². The van der Waals surface area contributed by atoms with Crippen LogP contribution in [0.5, 0.6) is 0 Å². The number of aliphatic hydroxyl groups excluding tert-OH is 1. The van der Waals surface area contributed by atoms with Crippen LogP contribution in [0.3, 0.4) is 0 Å². The van der Waals surface area contributed by atoms with E-state index in [4.69, 9.17) is 9.47 Å². The predicted molar refractivity (Wildman–Crippen MR) is 79.9 cm³/mol. The van der Waals surface area contributed by atoms with Gasteiger partial charge in [0, 0.05) is 0 Å². The zero-order chi connectivity index (χ0) is 14.7. The summed E-state index contributed by atoms with van der Waals surface area (Å²) < 4.78 is 11.6. The summed E-state index contributed by atoms with van der Waals surface area (Å²) in [6.45, 7) is 8.57. The van der Waals surface area contributed by atoms with Crippen molar-refractivity contribution in [3.8, 4) is 0 Å². The van der Waals surface area contributed by atoms with Crippen LogP contribution >= 0.6 is 0 Å². The Balaban J connectivity index is 1.91. The molecule has 1 fully saturated rings. The van der Waals surface area contributed by atoms with Crippen molar-refractivity contribution in [2.75, 3.05) is 6.61 Å². The minimum Gasteiger partial charge on any atom is -0.386 e. The molecule has 1 aliphatic rings. The molecule has 1 saturated heterocycles. The van der Waals surface area contributed by atoms with Crippen molar-refractivity contribution in [2.24, 2.45) is 0 Å². The summed E-state index contributed by atoms with van der Waals surface area (Å²) in [5.74, 6) is 0. The second-order valence-electron chi connectivity index (χ2n) is 6.06. The maximum atomic E-state index is 10.3. The van der Waals surface area contributed by atoms with Gasteiger partial charge in [-0.3, -0.25) is 0 Å². The lowest BCUT2D eigenvalue weighted by Crippen LogP contribution is -2.34. The Morgan fingerprint density at radius 3 is 2.55 bits per heavy atom. The van der Waals surface area contributed by atoms with Gasteiger partial charge in [-0.25, -0.2) is 0 Å². The molecule has 0 aliphatic carbocycles. The topological polar surface area (TPSA) is 38.7 Å². The first-order valence-electron chi connectivity index (χ1n) is 7.48. The molecule has 0 aromatic heterocycles. The second-order valence-corrected chi connectivity index (χ2v) is 6.06. The van der Waals surface area contributed by atoms with Crippen LogP contribution in [-0.4, -0.2) is 30.0 Å². The van der Waals surface area contributed by atoms with E-state index in [1.807, 2.05) is 26.0 Å². The maximum absolute atomic E-state index is 10.3. The van der Waals surface area contributed by atoms with Crippen LogP contribution in [0.2, 0.25) is 0 Å². The van der Waals surface area contributed by atoms with Crippen LogP contribution in [0.15, 0.2) is 18.2 Å². The van der Waals surface area contributed by atoms with Gasteiger partial charge < -0.3 is 14.6 Å². The summed E-state index contributed by atoms with van der Waals surface area (Å²) in [7, 11) is 0. The van der Waals surface area contributed by atoms with E-state index in [9.17, 15) is 5.11 Å². The van der Waals surface area contributed by atoms with Crippen LogP contribution in [-0.2, 0) is 9.47 Å². The van der Waals surface area contributed by atoms with Gasteiger partial charge in [0.15, 0.2) is 0 Å². The lowest BCUT2D eigenvalue weighted by Gasteiger charge is -2.32. The number of rotatable bonds is 4. The molecule has 0 bridgehead atoms. The number of aliphatic hydroxyl groups is 1. The quantitative estimate of drug-likeness (QED) is 0.918. The van der Waals surface area contributed by atoms with Gasteiger partial charge in [0.2, 0.25) is 0 Å². The van der Waals surface area contributed by atoms with Crippen LogP contribution < -0.4 is 0 Å². The highest BCUT2D eigenvalue weighted by Gasteiger charge is 2.25. The van der Waals surface area contributed by atoms with Gasteiger partial charge >= 0.3 is 0 Å². The lowest BCUT2D eigenvalue weighted by molar-refractivity contribution is -0.114. The van der Waals surface area contributed by atoms with Gasteiger partial charge in [-0.1, -0.05) is 23.8 Å². The van der Waals surface area contributed by atoms with Gasteiger partial charge in [0.05, 0.1) is 24.9 Å². The third kappa shape index (κ3) is 4.05. The molecule has 1 heterocycles. The molecular formula is C17H26O3. The van der Waals surface area contributed by atoms with Crippen molar-refractivity contribution < 1.29 is 14.6 Å². The van der Waals surface area contributed by atoms with Crippen LogP contribution in [0.4, 0.5) is 0 Å². The van der Waals surface area contributed by atoms with E-state index in [0.717, 1.165) is 29.5 Å². The zero-order valence-electron chi connectivity index (χ0n) is 12.9. The van der Waals surface area contributed by atoms with Crippen molar-refractivity contribution in [1.29, 1.82) is 0 Å². The van der Waals surface area contributed by atoms with Gasteiger partial charge in [0.1, 0.15) is 6.10 Å². The molecule has 3 nitrogen and oxygen atoms in total. The number of hydrogen-bond donors (Lipinski definition) is 1. The summed E-state index contributed by atoms with van der Waals surface area (Å²) >= 11 is 0. The van der Waals surface area contributed by atoms with Crippen molar-refractivity contribution in [3.63, 3.8) is 0 Å². The van der Waals surface area contributed by atoms with Crippen molar-refractivity contribution >= 4 is 0 Å². The molecule has 3 unspecified atom stereocenters. The highest BCUT2D eigenvalue weighted by Crippen LogP contribution is 2.24. The molecule has 3 atom stereocenters. The van der Waals surface area contributed by atoms with Crippen LogP contribution in [0.1, 0.15) is 49.5 Å². The molecule has 0 spiro atoms. The summed E-state index contributed by atoms with van der Waals surface area (Å²) in [6.07, 6.45) is 1.92. The molecule has 1 aromatic carbocycles. The fraction of sp³-hybridized carbons (Fsp3) is 0.647. The smallest absolute Gasteiger partial charge is 0.103 e. The van der Waals surface area contributed by atoms with E-state index in [1.54, 1.807) is 0 Å². The molecular weight excluding hydrogens is 252 g/mol. The summed E-state index contributed by atoms with van der Waals surface area (Å²) in [6, 6.07) is 6.15. The Bertz CT molecular complexity index is 434. The van der Waals surface area contributed by atoms with Crippen molar-refractivity contribution in [1.82, 2.24) is 0 Å². The van der Waals surface area contributed by atoms with E-state index in [2.05, 4.69) is 19.9 Å². The second kappa shape index (κ2) is 6.70. The normalized spacial score (nSPS) is 28.4. The van der Waals surface area contributed by atoms with E-state index < -0.39 is 6.10 Å². The summed E-state index contributed by atoms with van der Waals surface area (Å²) in [5, 5.41) is 10.3. The van der Waals surface area contributed by atoms with E-state index in [1.165, 1.54) is 0 Å². The minimum atomic E-state index is -0.552. The molecule has 1 N–H and O–H groups in total. The maximum Gasteiger partial charge on any atom is 0.103 e. The Morgan fingerprint density at radius 1 is 1.25 bits per heavy atom. The van der Waals surface area contributed by atoms with E-state index >= 15 is 0 Å². The van der Waals surface area contributed by atoms with Crippen molar-refractivity contribution in [3.05, 3.63) is 34.9 Å². The highest BCUT2D eigenvalue weighted by molar-refractivity contribution is 5.32.